The Labute approximate surface area is 102 Å². The lowest BCUT2D eigenvalue weighted by Crippen LogP contribution is -2.16. The number of hydrogen-bond donors (Lipinski definition) is 2. The summed E-state index contributed by atoms with van der Waals surface area (Å²) in [4.78, 5) is 21.5. The predicted molar refractivity (Wildman–Crippen MR) is 62.1 cm³/mol. The number of nitrogens with one attached hydrogen (secondary N) is 1. The normalized spacial score (nSPS) is 9.94. The van der Waals surface area contributed by atoms with E-state index in [0.29, 0.717) is 15.7 Å². The summed E-state index contributed by atoms with van der Waals surface area (Å²) in [5, 5.41) is 11.6. The molecule has 1 rings (SSSR count). The molecule has 1 aromatic carbocycles. The molecule has 0 saturated carbocycles. The van der Waals surface area contributed by atoms with E-state index in [4.69, 9.17) is 28.3 Å². The lowest BCUT2D eigenvalue weighted by molar-refractivity contribution is -0.139. The number of anilines is 1. The number of benzene rings is 1. The molecule has 16 heavy (non-hydrogen) atoms. The average molecular weight is 262 g/mol. The second-order valence-electron chi connectivity index (χ2n) is 3.20. The molecule has 0 radical (unpaired) electrons. The van der Waals surface area contributed by atoms with Gasteiger partial charge in [-0.15, -0.1) is 0 Å². The Balaban J connectivity index is 2.85. The molecule has 0 bridgehead atoms. The van der Waals surface area contributed by atoms with Crippen molar-refractivity contribution in [2.24, 2.45) is 0 Å². The van der Waals surface area contributed by atoms with Gasteiger partial charge in [0.25, 0.3) is 0 Å². The number of carboxylic acid groups (broad SMARTS) is 1. The molecule has 0 aliphatic rings. The van der Waals surface area contributed by atoms with Gasteiger partial charge in [-0.3, -0.25) is 9.59 Å². The molecule has 1 amide bonds. The van der Waals surface area contributed by atoms with Crippen LogP contribution in [0.25, 0.3) is 0 Å². The van der Waals surface area contributed by atoms with Crippen LogP contribution < -0.4 is 5.32 Å². The number of aliphatic carboxylic acids is 1. The highest BCUT2D eigenvalue weighted by atomic mass is 35.5. The lowest BCUT2D eigenvalue weighted by atomic mass is 10.2. The van der Waals surface area contributed by atoms with E-state index in [0.717, 1.165) is 5.56 Å². The van der Waals surface area contributed by atoms with Crippen molar-refractivity contribution in [1.82, 2.24) is 0 Å². The first-order valence-electron chi connectivity index (χ1n) is 4.37. The molecular formula is C10H9Cl2NO3. The maximum Gasteiger partial charge on any atom is 0.312 e. The Morgan fingerprint density at radius 2 is 1.94 bits per heavy atom. The van der Waals surface area contributed by atoms with Crippen molar-refractivity contribution in [3.05, 3.63) is 27.7 Å². The van der Waals surface area contributed by atoms with E-state index in [9.17, 15) is 9.59 Å². The number of hydrogen-bond acceptors (Lipinski definition) is 2. The van der Waals surface area contributed by atoms with Crippen LogP contribution in [0.2, 0.25) is 10.0 Å². The number of carbonyl (C=O) groups is 2. The van der Waals surface area contributed by atoms with Crippen molar-refractivity contribution in [2.45, 2.75) is 13.3 Å². The van der Waals surface area contributed by atoms with E-state index in [2.05, 4.69) is 5.32 Å². The number of carbonyl (C=O) groups excluding carboxylic acids is 1. The van der Waals surface area contributed by atoms with Gasteiger partial charge in [0, 0.05) is 5.02 Å². The highest BCUT2D eigenvalue weighted by molar-refractivity contribution is 6.36. The fourth-order valence-electron chi connectivity index (χ4n) is 1.07. The SMILES string of the molecule is Cc1cc(Cl)c(NC(=O)CC(=O)O)cc1Cl. The summed E-state index contributed by atoms with van der Waals surface area (Å²) in [7, 11) is 0. The summed E-state index contributed by atoms with van der Waals surface area (Å²) in [6.07, 6.45) is -0.609. The molecule has 2 N–H and O–H groups in total. The molecular weight excluding hydrogens is 253 g/mol. The molecule has 0 fully saturated rings. The first-order chi connectivity index (χ1) is 7.40. The second kappa shape index (κ2) is 5.18. The van der Waals surface area contributed by atoms with Gasteiger partial charge in [0.1, 0.15) is 6.42 Å². The Hall–Kier alpha value is -1.26. The fraction of sp³-hybridized carbons (Fsp3) is 0.200. The third-order valence-corrected chi connectivity index (χ3v) is 2.55. The van der Waals surface area contributed by atoms with Crippen LogP contribution in [0.3, 0.4) is 0 Å². The highest BCUT2D eigenvalue weighted by Gasteiger charge is 2.11. The number of carboxylic acids is 1. The third kappa shape index (κ3) is 3.40. The second-order valence-corrected chi connectivity index (χ2v) is 4.01. The van der Waals surface area contributed by atoms with Gasteiger partial charge >= 0.3 is 5.97 Å². The van der Waals surface area contributed by atoms with Crippen LogP contribution in [0.4, 0.5) is 5.69 Å². The minimum atomic E-state index is -1.20. The zero-order valence-corrected chi connectivity index (χ0v) is 9.89. The van der Waals surface area contributed by atoms with Crippen LogP contribution in [-0.4, -0.2) is 17.0 Å². The van der Waals surface area contributed by atoms with Crippen LogP contribution in [0.1, 0.15) is 12.0 Å². The van der Waals surface area contributed by atoms with Gasteiger partial charge in [0.15, 0.2) is 0 Å². The van der Waals surface area contributed by atoms with E-state index in [1.54, 1.807) is 13.0 Å². The number of rotatable bonds is 3. The van der Waals surface area contributed by atoms with Gasteiger partial charge in [-0.25, -0.2) is 0 Å². The fourth-order valence-corrected chi connectivity index (χ4v) is 1.50. The van der Waals surface area contributed by atoms with Crippen molar-refractivity contribution >= 4 is 40.8 Å². The van der Waals surface area contributed by atoms with Crippen LogP contribution in [0, 0.1) is 6.92 Å². The maximum atomic E-state index is 11.2. The predicted octanol–water partition coefficient (Wildman–Crippen LogP) is 2.72. The van der Waals surface area contributed by atoms with E-state index < -0.39 is 18.3 Å². The number of halogens is 2. The molecule has 0 heterocycles. The van der Waals surface area contributed by atoms with E-state index in [-0.39, 0.29) is 0 Å². The number of aryl methyl sites for hydroxylation is 1. The van der Waals surface area contributed by atoms with Gasteiger partial charge in [-0.05, 0) is 24.6 Å². The standard InChI is InChI=1S/C10H9Cl2NO3/c1-5-2-7(12)8(3-6(5)11)13-9(14)4-10(15)16/h2-3H,4H2,1H3,(H,13,14)(H,15,16). The summed E-state index contributed by atoms with van der Waals surface area (Å²) in [6, 6.07) is 3.08. The van der Waals surface area contributed by atoms with E-state index in [1.165, 1.54) is 6.07 Å². The first kappa shape index (κ1) is 12.8. The Morgan fingerprint density at radius 3 is 2.50 bits per heavy atom. The summed E-state index contributed by atoms with van der Waals surface area (Å²) < 4.78 is 0. The van der Waals surface area contributed by atoms with Gasteiger partial charge in [0.2, 0.25) is 5.91 Å². The minimum Gasteiger partial charge on any atom is -0.481 e. The first-order valence-corrected chi connectivity index (χ1v) is 5.13. The van der Waals surface area contributed by atoms with E-state index >= 15 is 0 Å². The van der Waals surface area contributed by atoms with Crippen molar-refractivity contribution < 1.29 is 14.7 Å². The van der Waals surface area contributed by atoms with Crippen LogP contribution in [-0.2, 0) is 9.59 Å². The Bertz CT molecular complexity index is 446. The molecule has 86 valence electrons. The van der Waals surface area contributed by atoms with Crippen molar-refractivity contribution in [2.75, 3.05) is 5.32 Å². The van der Waals surface area contributed by atoms with Crippen molar-refractivity contribution in [1.29, 1.82) is 0 Å². The van der Waals surface area contributed by atoms with Crippen LogP contribution >= 0.6 is 23.2 Å². The monoisotopic (exact) mass is 261 g/mol. The van der Waals surface area contributed by atoms with Crippen molar-refractivity contribution in [3.63, 3.8) is 0 Å². The Kier molecular flexibility index (Phi) is 4.15. The molecule has 0 aliphatic heterocycles. The smallest absolute Gasteiger partial charge is 0.312 e. The molecule has 6 heteroatoms. The van der Waals surface area contributed by atoms with Crippen molar-refractivity contribution in [3.8, 4) is 0 Å². The van der Waals surface area contributed by atoms with Gasteiger partial charge in [-0.1, -0.05) is 23.2 Å². The summed E-state index contributed by atoms with van der Waals surface area (Å²) >= 11 is 11.7. The van der Waals surface area contributed by atoms with Gasteiger partial charge in [-0.2, -0.15) is 0 Å². The summed E-state index contributed by atoms with van der Waals surface area (Å²) in [5.41, 5.74) is 1.09. The van der Waals surface area contributed by atoms with Crippen LogP contribution in [0.15, 0.2) is 12.1 Å². The molecule has 0 aromatic heterocycles. The maximum absolute atomic E-state index is 11.2. The van der Waals surface area contributed by atoms with E-state index in [1.807, 2.05) is 0 Å². The average Bonchev–Trinajstić information content (AvgIpc) is 2.12. The zero-order chi connectivity index (χ0) is 12.3. The molecule has 0 spiro atoms. The topological polar surface area (TPSA) is 66.4 Å². The summed E-state index contributed by atoms with van der Waals surface area (Å²) in [6.45, 7) is 1.77. The molecule has 0 unspecified atom stereocenters. The zero-order valence-electron chi connectivity index (χ0n) is 8.38. The Morgan fingerprint density at radius 1 is 1.31 bits per heavy atom. The third-order valence-electron chi connectivity index (χ3n) is 1.83. The number of amides is 1. The highest BCUT2D eigenvalue weighted by Crippen LogP contribution is 2.28. The molecule has 0 aliphatic carbocycles. The molecule has 0 saturated heterocycles. The minimum absolute atomic E-state index is 0.309. The molecule has 0 atom stereocenters. The van der Waals surface area contributed by atoms with Gasteiger partial charge < -0.3 is 10.4 Å². The lowest BCUT2D eigenvalue weighted by Gasteiger charge is -2.08. The quantitative estimate of drug-likeness (QED) is 0.823. The molecule has 1 aromatic rings. The summed E-state index contributed by atoms with van der Waals surface area (Å²) in [5.74, 6) is -1.85. The molecule has 4 nitrogen and oxygen atoms in total. The van der Waals surface area contributed by atoms with Crippen LogP contribution in [0.5, 0.6) is 0 Å². The van der Waals surface area contributed by atoms with Gasteiger partial charge in [0.05, 0.1) is 10.7 Å². The largest absolute Gasteiger partial charge is 0.481 e.